The second kappa shape index (κ2) is 12.0. The van der Waals surface area contributed by atoms with Crippen molar-refractivity contribution in [3.63, 3.8) is 0 Å². The molecule has 194 valence electrons. The molecule has 2 aromatic carbocycles. The van der Waals surface area contributed by atoms with E-state index < -0.39 is 17.1 Å². The third kappa shape index (κ3) is 6.51. The van der Waals surface area contributed by atoms with Gasteiger partial charge >= 0.3 is 5.97 Å². The second-order valence-corrected chi connectivity index (χ2v) is 9.76. The van der Waals surface area contributed by atoms with Gasteiger partial charge in [0.25, 0.3) is 11.1 Å². The summed E-state index contributed by atoms with van der Waals surface area (Å²) in [5, 5.41) is 8.69. The Morgan fingerprint density at radius 2 is 1.78 bits per heavy atom. The van der Waals surface area contributed by atoms with E-state index >= 15 is 0 Å². The van der Waals surface area contributed by atoms with Gasteiger partial charge in [0, 0.05) is 13.1 Å². The third-order valence-corrected chi connectivity index (χ3v) is 7.09. The van der Waals surface area contributed by atoms with Crippen molar-refractivity contribution in [2.24, 2.45) is 0 Å². The molecular weight excluding hydrogens is 496 g/mol. The number of hydrogen-bond acceptors (Lipinski definition) is 7. The first kappa shape index (κ1) is 26.3. The molecule has 0 aliphatic carbocycles. The molecule has 9 nitrogen and oxygen atoms in total. The van der Waals surface area contributed by atoms with Gasteiger partial charge in [-0.05, 0) is 66.1 Å². The van der Waals surface area contributed by atoms with Crippen LogP contribution in [0.5, 0.6) is 11.5 Å². The van der Waals surface area contributed by atoms with Gasteiger partial charge in [0.1, 0.15) is 13.2 Å². The Bertz CT molecular complexity index is 1240. The molecule has 0 spiro atoms. The zero-order valence-electron chi connectivity index (χ0n) is 20.5. The smallest absolute Gasteiger partial charge is 0.335 e. The van der Waals surface area contributed by atoms with Crippen molar-refractivity contribution in [2.45, 2.75) is 32.3 Å². The first-order valence-electron chi connectivity index (χ1n) is 12.0. The highest BCUT2D eigenvalue weighted by atomic mass is 32.2. The Hall–Kier alpha value is -3.79. The normalized spacial score (nSPS) is 17.2. The van der Waals surface area contributed by atoms with E-state index in [0.717, 1.165) is 42.3 Å². The van der Waals surface area contributed by atoms with Crippen LogP contribution < -0.4 is 9.47 Å². The van der Waals surface area contributed by atoms with Crippen molar-refractivity contribution in [3.05, 3.63) is 64.1 Å². The maximum Gasteiger partial charge on any atom is 0.335 e. The van der Waals surface area contributed by atoms with Crippen LogP contribution >= 0.6 is 11.8 Å². The number of rotatable bonds is 8. The van der Waals surface area contributed by atoms with Gasteiger partial charge in [-0.2, -0.15) is 0 Å². The van der Waals surface area contributed by atoms with Crippen molar-refractivity contribution in [1.29, 1.82) is 0 Å². The first-order valence-corrected chi connectivity index (χ1v) is 12.8. The minimum Gasteiger partial charge on any atom is -0.493 e. The number of hydrogen-bond donors (Lipinski definition) is 1. The Morgan fingerprint density at radius 3 is 2.49 bits per heavy atom. The predicted octanol–water partition coefficient (Wildman–Crippen LogP) is 4.41. The van der Waals surface area contributed by atoms with E-state index in [-0.39, 0.29) is 29.5 Å². The van der Waals surface area contributed by atoms with E-state index in [1.807, 2.05) is 0 Å². The number of aromatic carboxylic acids is 1. The number of carboxylic acids is 1. The zero-order chi connectivity index (χ0) is 26.4. The fourth-order valence-electron chi connectivity index (χ4n) is 4.19. The number of nitrogens with zero attached hydrogens (tertiary/aromatic N) is 2. The van der Waals surface area contributed by atoms with Gasteiger partial charge in [0.05, 0.1) is 17.6 Å². The number of methoxy groups -OCH3 is 1. The van der Waals surface area contributed by atoms with Crippen LogP contribution in [0.2, 0.25) is 0 Å². The summed E-state index contributed by atoms with van der Waals surface area (Å²) < 4.78 is 11.3. The molecule has 3 amide bonds. The highest BCUT2D eigenvalue weighted by Gasteiger charge is 2.37. The van der Waals surface area contributed by atoms with Gasteiger partial charge in [-0.25, -0.2) is 4.79 Å². The minimum absolute atomic E-state index is 0.140. The fourth-order valence-corrected chi connectivity index (χ4v) is 5.03. The number of thioether (sulfide) groups is 1. The molecule has 2 fully saturated rings. The lowest BCUT2D eigenvalue weighted by molar-refractivity contribution is -0.135. The largest absolute Gasteiger partial charge is 0.493 e. The maximum absolute atomic E-state index is 12.9. The van der Waals surface area contributed by atoms with Gasteiger partial charge in [-0.3, -0.25) is 19.3 Å². The number of carboxylic acid groups (broad SMARTS) is 1. The first-order chi connectivity index (χ1) is 17.9. The number of imide groups is 1. The molecule has 10 heteroatoms. The standard InChI is InChI=1S/C27H28N2O7S/c1-35-22-14-18(9-10-21(22)36-17-19-7-6-8-20(13-19)26(32)33)15-23-25(31)29(27(34)37-23)16-24(30)28-11-4-2-3-5-12-28/h6-10,13-15H,2-5,11-12,16-17H2,1H3,(H,32,33). The predicted molar refractivity (Wildman–Crippen MR) is 138 cm³/mol. The summed E-state index contributed by atoms with van der Waals surface area (Å²) in [5.74, 6) is -0.854. The van der Waals surface area contributed by atoms with E-state index in [1.165, 1.54) is 19.2 Å². The molecule has 37 heavy (non-hydrogen) atoms. The molecule has 0 saturated carbocycles. The average Bonchev–Trinajstić information content (AvgIpc) is 3.08. The summed E-state index contributed by atoms with van der Waals surface area (Å²) >= 11 is 0.806. The topological polar surface area (TPSA) is 113 Å². The lowest BCUT2D eigenvalue weighted by Crippen LogP contribution is -2.42. The van der Waals surface area contributed by atoms with Crippen LogP contribution in [0.15, 0.2) is 47.4 Å². The summed E-state index contributed by atoms with van der Waals surface area (Å²) in [6.07, 6.45) is 5.62. The van der Waals surface area contributed by atoms with Crippen molar-refractivity contribution < 1.29 is 33.8 Å². The molecular formula is C27H28N2O7S. The summed E-state index contributed by atoms with van der Waals surface area (Å²) in [7, 11) is 1.49. The number of benzene rings is 2. The van der Waals surface area contributed by atoms with Crippen LogP contribution in [0.1, 0.15) is 47.2 Å². The van der Waals surface area contributed by atoms with Crippen LogP contribution in [-0.4, -0.2) is 64.7 Å². The molecule has 2 aliphatic heterocycles. The molecule has 0 radical (unpaired) electrons. The van der Waals surface area contributed by atoms with Crippen molar-refractivity contribution in [2.75, 3.05) is 26.7 Å². The highest BCUT2D eigenvalue weighted by molar-refractivity contribution is 8.18. The van der Waals surface area contributed by atoms with Crippen LogP contribution in [-0.2, 0) is 16.2 Å². The molecule has 0 bridgehead atoms. The monoisotopic (exact) mass is 524 g/mol. The lowest BCUT2D eigenvalue weighted by atomic mass is 10.1. The number of carbonyl (C=O) groups excluding carboxylic acids is 3. The van der Waals surface area contributed by atoms with Crippen LogP contribution in [0.4, 0.5) is 4.79 Å². The third-order valence-electron chi connectivity index (χ3n) is 6.18. The summed E-state index contributed by atoms with van der Waals surface area (Å²) in [5.41, 5.74) is 1.49. The lowest BCUT2D eigenvalue weighted by Gasteiger charge is -2.22. The van der Waals surface area contributed by atoms with E-state index in [1.54, 1.807) is 41.3 Å². The SMILES string of the molecule is COc1cc(C=C2SC(=O)N(CC(=O)N3CCCCCC3)C2=O)ccc1OCc1cccc(C(=O)O)c1. The van der Waals surface area contributed by atoms with Crippen LogP contribution in [0.3, 0.4) is 0 Å². The molecule has 0 unspecified atom stereocenters. The van der Waals surface area contributed by atoms with Crippen LogP contribution in [0.25, 0.3) is 6.08 Å². The van der Waals surface area contributed by atoms with E-state index in [9.17, 15) is 19.2 Å². The Morgan fingerprint density at radius 1 is 1.03 bits per heavy atom. The van der Waals surface area contributed by atoms with Crippen molar-refractivity contribution >= 4 is 40.9 Å². The van der Waals surface area contributed by atoms with E-state index in [0.29, 0.717) is 35.7 Å². The zero-order valence-corrected chi connectivity index (χ0v) is 21.3. The maximum atomic E-state index is 12.9. The minimum atomic E-state index is -1.01. The number of likely N-dealkylation sites (tertiary alicyclic amines) is 1. The fraction of sp³-hybridized carbons (Fsp3) is 0.333. The van der Waals surface area contributed by atoms with Gasteiger partial charge in [0.2, 0.25) is 5.91 Å². The van der Waals surface area contributed by atoms with Crippen molar-refractivity contribution in [3.8, 4) is 11.5 Å². The van der Waals surface area contributed by atoms with Gasteiger partial charge in [-0.1, -0.05) is 31.0 Å². The van der Waals surface area contributed by atoms with Gasteiger partial charge in [0.15, 0.2) is 11.5 Å². The summed E-state index contributed by atoms with van der Waals surface area (Å²) in [6, 6.07) is 11.5. The average molecular weight is 525 g/mol. The molecule has 4 rings (SSSR count). The van der Waals surface area contributed by atoms with Crippen LogP contribution in [0, 0.1) is 0 Å². The molecule has 0 atom stereocenters. The molecule has 2 aromatic rings. The number of amides is 3. The molecule has 2 saturated heterocycles. The van der Waals surface area contributed by atoms with Crippen molar-refractivity contribution in [1.82, 2.24) is 9.80 Å². The Labute approximate surface area is 219 Å². The number of carbonyl (C=O) groups is 4. The second-order valence-electron chi connectivity index (χ2n) is 8.77. The van der Waals surface area contributed by atoms with Gasteiger partial charge in [-0.15, -0.1) is 0 Å². The molecule has 1 N–H and O–H groups in total. The Kier molecular flexibility index (Phi) is 8.50. The Balaban J connectivity index is 1.43. The van der Waals surface area contributed by atoms with E-state index in [2.05, 4.69) is 0 Å². The quantitative estimate of drug-likeness (QED) is 0.505. The molecule has 2 heterocycles. The van der Waals surface area contributed by atoms with E-state index in [4.69, 9.17) is 14.6 Å². The summed E-state index contributed by atoms with van der Waals surface area (Å²) in [6.45, 7) is 1.20. The number of ether oxygens (including phenoxy) is 2. The molecule has 0 aromatic heterocycles. The molecule has 2 aliphatic rings. The summed E-state index contributed by atoms with van der Waals surface area (Å²) in [4.78, 5) is 52.3. The highest BCUT2D eigenvalue weighted by Crippen LogP contribution is 2.35. The van der Waals surface area contributed by atoms with Gasteiger partial charge < -0.3 is 19.5 Å².